The number of carbonyl (C=O) groups is 1. The zero-order chi connectivity index (χ0) is 9.68. The van der Waals surface area contributed by atoms with E-state index in [1.807, 2.05) is 6.07 Å². The molecule has 1 atom stereocenters. The lowest BCUT2D eigenvalue weighted by atomic mass is 10.3. The Morgan fingerprint density at radius 2 is 2.08 bits per heavy atom. The van der Waals surface area contributed by atoms with E-state index in [2.05, 4.69) is 5.32 Å². The normalized spacial score (nSPS) is 11.4. The van der Waals surface area contributed by atoms with Crippen LogP contribution in [0.15, 0.2) is 30.3 Å². The number of nitriles is 1. The molecule has 0 unspecified atom stereocenters. The lowest BCUT2D eigenvalue weighted by Gasteiger charge is -2.04. The Bertz CT molecular complexity index is 328. The Morgan fingerprint density at radius 3 is 2.62 bits per heavy atom. The lowest BCUT2D eigenvalue weighted by molar-refractivity contribution is -0.116. The molecule has 0 saturated heterocycles. The van der Waals surface area contributed by atoms with Gasteiger partial charge in [0.2, 0.25) is 0 Å². The molecule has 1 aromatic carbocycles. The van der Waals surface area contributed by atoms with Crippen LogP contribution in [-0.2, 0) is 4.79 Å². The minimum atomic E-state index is -1.11. The molecule has 1 aromatic rings. The molecule has 1 rings (SSSR count). The van der Waals surface area contributed by atoms with Crippen LogP contribution in [0.5, 0.6) is 0 Å². The zero-order valence-corrected chi connectivity index (χ0v) is 6.90. The number of nitrogens with one attached hydrogen (secondary N) is 1. The fraction of sp³-hybridized carbons (Fsp3) is 0.111. The minimum absolute atomic E-state index is 0.492. The molecule has 0 spiro atoms. The van der Waals surface area contributed by atoms with Gasteiger partial charge in [0, 0.05) is 5.69 Å². The smallest absolute Gasteiger partial charge is 0.255 e. The lowest BCUT2D eigenvalue weighted by Crippen LogP contribution is -2.33. The van der Waals surface area contributed by atoms with E-state index in [9.17, 15) is 4.79 Å². The molecule has 1 amide bonds. The summed E-state index contributed by atoms with van der Waals surface area (Å²) in [6.07, 6.45) is 0. The van der Waals surface area contributed by atoms with E-state index < -0.39 is 11.9 Å². The maximum Gasteiger partial charge on any atom is 0.255 e. The van der Waals surface area contributed by atoms with Crippen LogP contribution in [-0.4, -0.2) is 11.9 Å². The molecule has 0 bridgehead atoms. The topological polar surface area (TPSA) is 78.9 Å². The highest BCUT2D eigenvalue weighted by Gasteiger charge is 2.11. The third-order valence-corrected chi connectivity index (χ3v) is 1.46. The number of nitrogens with two attached hydrogens (primary N) is 1. The van der Waals surface area contributed by atoms with Gasteiger partial charge in [-0.1, -0.05) is 18.2 Å². The number of hydrogen-bond donors (Lipinski definition) is 2. The highest BCUT2D eigenvalue weighted by Crippen LogP contribution is 2.04. The molecule has 0 saturated carbocycles. The summed E-state index contributed by atoms with van der Waals surface area (Å²) in [4.78, 5) is 11.1. The molecule has 0 aliphatic carbocycles. The van der Waals surface area contributed by atoms with Gasteiger partial charge in [0.1, 0.15) is 0 Å². The van der Waals surface area contributed by atoms with Crippen molar-refractivity contribution in [3.8, 4) is 6.07 Å². The maximum atomic E-state index is 11.1. The van der Waals surface area contributed by atoms with Gasteiger partial charge in [-0.15, -0.1) is 0 Å². The van der Waals surface area contributed by atoms with Crippen LogP contribution in [0.3, 0.4) is 0 Å². The number of benzene rings is 1. The summed E-state index contributed by atoms with van der Waals surface area (Å²) in [5.41, 5.74) is 5.83. The highest BCUT2D eigenvalue weighted by atomic mass is 16.2. The number of carbonyl (C=O) groups excluding carboxylic acids is 1. The molecular formula is C9H9N3O. The Labute approximate surface area is 76.0 Å². The average Bonchev–Trinajstić information content (AvgIpc) is 2.18. The monoisotopic (exact) mass is 175 g/mol. The van der Waals surface area contributed by atoms with Crippen molar-refractivity contribution in [2.45, 2.75) is 6.04 Å². The summed E-state index contributed by atoms with van der Waals surface area (Å²) in [5.74, 6) is -0.492. The molecule has 4 heteroatoms. The number of nitrogens with zero attached hydrogens (tertiary/aromatic N) is 1. The average molecular weight is 175 g/mol. The van der Waals surface area contributed by atoms with E-state index >= 15 is 0 Å². The number of para-hydroxylation sites is 1. The van der Waals surface area contributed by atoms with Gasteiger partial charge in [-0.2, -0.15) is 5.26 Å². The molecule has 0 aliphatic rings. The van der Waals surface area contributed by atoms with E-state index in [4.69, 9.17) is 11.0 Å². The summed E-state index contributed by atoms with van der Waals surface area (Å²) in [6, 6.07) is 9.39. The van der Waals surface area contributed by atoms with Gasteiger partial charge in [0.25, 0.3) is 5.91 Å². The van der Waals surface area contributed by atoms with Gasteiger partial charge in [0.05, 0.1) is 6.07 Å². The summed E-state index contributed by atoms with van der Waals surface area (Å²) < 4.78 is 0. The fourth-order valence-electron chi connectivity index (χ4n) is 0.800. The van der Waals surface area contributed by atoms with Crippen molar-refractivity contribution in [1.82, 2.24) is 0 Å². The Balaban J connectivity index is 2.62. The first kappa shape index (κ1) is 9.23. The second kappa shape index (κ2) is 4.24. The van der Waals surface area contributed by atoms with E-state index in [1.165, 1.54) is 0 Å². The third kappa shape index (κ3) is 2.58. The molecule has 0 heterocycles. The number of anilines is 1. The van der Waals surface area contributed by atoms with Gasteiger partial charge in [-0.3, -0.25) is 4.79 Å². The van der Waals surface area contributed by atoms with Crippen LogP contribution in [0.4, 0.5) is 5.69 Å². The summed E-state index contributed by atoms with van der Waals surface area (Å²) >= 11 is 0. The molecule has 66 valence electrons. The van der Waals surface area contributed by atoms with Gasteiger partial charge < -0.3 is 11.1 Å². The summed E-state index contributed by atoms with van der Waals surface area (Å²) in [5, 5.41) is 10.9. The van der Waals surface area contributed by atoms with Crippen LogP contribution in [0.2, 0.25) is 0 Å². The second-order valence-corrected chi connectivity index (χ2v) is 2.46. The van der Waals surface area contributed by atoms with Crippen LogP contribution in [0.25, 0.3) is 0 Å². The van der Waals surface area contributed by atoms with Gasteiger partial charge in [-0.25, -0.2) is 0 Å². The van der Waals surface area contributed by atoms with Crippen LogP contribution < -0.4 is 11.1 Å². The largest absolute Gasteiger partial charge is 0.324 e. The first-order valence-corrected chi connectivity index (χ1v) is 3.75. The van der Waals surface area contributed by atoms with Crippen molar-refractivity contribution in [2.24, 2.45) is 5.73 Å². The van der Waals surface area contributed by atoms with Gasteiger partial charge in [0.15, 0.2) is 6.04 Å². The summed E-state index contributed by atoms with van der Waals surface area (Å²) in [7, 11) is 0. The van der Waals surface area contributed by atoms with Crippen molar-refractivity contribution < 1.29 is 4.79 Å². The standard InChI is InChI=1S/C9H9N3O/c10-6-8(11)9(13)12-7-4-2-1-3-5-7/h1-5,8H,11H2,(H,12,13)/t8-/m1/s1. The van der Waals surface area contributed by atoms with Crippen molar-refractivity contribution in [3.05, 3.63) is 30.3 Å². The van der Waals surface area contributed by atoms with Crippen molar-refractivity contribution in [1.29, 1.82) is 5.26 Å². The molecular weight excluding hydrogens is 166 g/mol. The van der Waals surface area contributed by atoms with E-state index in [0.29, 0.717) is 5.69 Å². The highest BCUT2D eigenvalue weighted by molar-refractivity contribution is 5.96. The van der Waals surface area contributed by atoms with E-state index in [0.717, 1.165) is 0 Å². The minimum Gasteiger partial charge on any atom is -0.324 e. The first-order chi connectivity index (χ1) is 6.24. The fourth-order valence-corrected chi connectivity index (χ4v) is 0.800. The maximum absolute atomic E-state index is 11.1. The molecule has 0 aromatic heterocycles. The van der Waals surface area contributed by atoms with E-state index in [-0.39, 0.29) is 0 Å². The number of hydrogen-bond acceptors (Lipinski definition) is 3. The van der Waals surface area contributed by atoms with Gasteiger partial charge in [-0.05, 0) is 12.1 Å². The zero-order valence-electron chi connectivity index (χ0n) is 6.90. The number of rotatable bonds is 2. The van der Waals surface area contributed by atoms with Gasteiger partial charge >= 0.3 is 0 Å². The molecule has 4 nitrogen and oxygen atoms in total. The third-order valence-electron chi connectivity index (χ3n) is 1.46. The van der Waals surface area contributed by atoms with Crippen LogP contribution in [0.1, 0.15) is 0 Å². The van der Waals surface area contributed by atoms with Crippen molar-refractivity contribution in [2.75, 3.05) is 5.32 Å². The predicted molar refractivity (Wildman–Crippen MR) is 48.7 cm³/mol. The molecule has 0 fully saturated rings. The SMILES string of the molecule is N#C[C@@H](N)C(=O)Nc1ccccc1. The quantitative estimate of drug-likeness (QED) is 0.686. The van der Waals surface area contributed by atoms with Crippen LogP contribution >= 0.6 is 0 Å². The van der Waals surface area contributed by atoms with E-state index in [1.54, 1.807) is 30.3 Å². The Morgan fingerprint density at radius 1 is 1.46 bits per heavy atom. The predicted octanol–water partition coefficient (Wildman–Crippen LogP) is 0.476. The first-order valence-electron chi connectivity index (χ1n) is 3.75. The van der Waals surface area contributed by atoms with Crippen molar-refractivity contribution in [3.63, 3.8) is 0 Å². The Hall–Kier alpha value is -1.86. The molecule has 0 radical (unpaired) electrons. The molecule has 3 N–H and O–H groups in total. The molecule has 13 heavy (non-hydrogen) atoms. The second-order valence-electron chi connectivity index (χ2n) is 2.46. The Kier molecular flexibility index (Phi) is 3.01. The molecule has 0 aliphatic heterocycles. The van der Waals surface area contributed by atoms with Crippen LogP contribution in [0, 0.1) is 11.3 Å². The van der Waals surface area contributed by atoms with Crippen molar-refractivity contribution >= 4 is 11.6 Å². The summed E-state index contributed by atoms with van der Waals surface area (Å²) in [6.45, 7) is 0. The number of amides is 1.